The van der Waals surface area contributed by atoms with Crippen LogP contribution in [0, 0.1) is 5.92 Å². The first kappa shape index (κ1) is 17.3. The molecule has 7 heteroatoms. The summed E-state index contributed by atoms with van der Waals surface area (Å²) >= 11 is 0. The van der Waals surface area contributed by atoms with E-state index < -0.39 is 29.7 Å². The van der Waals surface area contributed by atoms with E-state index in [9.17, 15) is 14.4 Å². The molecule has 3 rings (SSSR count). The van der Waals surface area contributed by atoms with Gasteiger partial charge in [0.15, 0.2) is 0 Å². The minimum atomic E-state index is -0.716. The van der Waals surface area contributed by atoms with Gasteiger partial charge in [-0.05, 0) is 38.8 Å². The monoisotopic (exact) mass is 346 g/mol. The fraction of sp³-hybridized carbons (Fsp3) is 0.500. The van der Waals surface area contributed by atoms with E-state index in [-0.39, 0.29) is 5.91 Å². The molecule has 1 saturated heterocycles. The van der Waals surface area contributed by atoms with Crippen molar-refractivity contribution >= 4 is 23.8 Å². The topological polar surface area (TPSA) is 76.2 Å². The molecule has 134 valence electrons. The fourth-order valence-electron chi connectivity index (χ4n) is 3.47. The van der Waals surface area contributed by atoms with Crippen LogP contribution in [0.3, 0.4) is 0 Å². The van der Waals surface area contributed by atoms with E-state index in [0.29, 0.717) is 18.7 Å². The molecule has 0 spiro atoms. The van der Waals surface area contributed by atoms with Crippen LogP contribution in [0.1, 0.15) is 38.8 Å². The summed E-state index contributed by atoms with van der Waals surface area (Å²) in [5.74, 6) is -0.830. The molecule has 1 aromatic rings. The Morgan fingerprint density at radius 2 is 1.84 bits per heavy atom. The van der Waals surface area contributed by atoms with Crippen molar-refractivity contribution < 1.29 is 23.9 Å². The van der Waals surface area contributed by atoms with Gasteiger partial charge in [0.05, 0.1) is 24.8 Å². The Morgan fingerprint density at radius 1 is 1.16 bits per heavy atom. The molecule has 0 radical (unpaired) electrons. The van der Waals surface area contributed by atoms with Crippen molar-refractivity contribution in [2.45, 2.75) is 38.8 Å². The first-order valence-corrected chi connectivity index (χ1v) is 8.25. The van der Waals surface area contributed by atoms with Crippen molar-refractivity contribution in [1.82, 2.24) is 4.90 Å². The zero-order valence-corrected chi connectivity index (χ0v) is 14.8. The minimum Gasteiger partial charge on any atom is -0.452 e. The highest BCUT2D eigenvalue weighted by Crippen LogP contribution is 2.47. The van der Waals surface area contributed by atoms with Crippen LogP contribution in [0.2, 0.25) is 0 Å². The van der Waals surface area contributed by atoms with E-state index in [4.69, 9.17) is 9.47 Å². The Hall–Kier alpha value is -2.57. The maximum Gasteiger partial charge on any atom is 0.420 e. The summed E-state index contributed by atoms with van der Waals surface area (Å²) in [7, 11) is 1.24. The lowest BCUT2D eigenvalue weighted by molar-refractivity contribution is -0.123. The standard InChI is InChI=1S/C18H22N2O5/c1-18(2,3)25-16(22)19-10-9-12-14(19)11-7-5-6-8-13(11)20(15(12)21)17(23)24-4/h5-8,12,14H,9-10H2,1-4H3. The number of hydrogen-bond acceptors (Lipinski definition) is 5. The van der Waals surface area contributed by atoms with Crippen LogP contribution < -0.4 is 4.90 Å². The molecule has 0 N–H and O–H groups in total. The number of rotatable bonds is 0. The number of ether oxygens (including phenoxy) is 2. The van der Waals surface area contributed by atoms with Crippen LogP contribution in [-0.2, 0) is 14.3 Å². The average Bonchev–Trinajstić information content (AvgIpc) is 2.99. The van der Waals surface area contributed by atoms with Gasteiger partial charge >= 0.3 is 12.2 Å². The highest BCUT2D eigenvalue weighted by Gasteiger charge is 2.51. The van der Waals surface area contributed by atoms with Crippen LogP contribution in [0.5, 0.6) is 0 Å². The number of para-hydroxylation sites is 1. The van der Waals surface area contributed by atoms with Crippen molar-refractivity contribution in [3.63, 3.8) is 0 Å². The fourth-order valence-corrected chi connectivity index (χ4v) is 3.47. The molecular formula is C18H22N2O5. The summed E-state index contributed by atoms with van der Waals surface area (Å²) in [5, 5.41) is 0. The van der Waals surface area contributed by atoms with E-state index in [1.807, 2.05) is 12.1 Å². The third kappa shape index (κ3) is 2.94. The van der Waals surface area contributed by atoms with Crippen LogP contribution >= 0.6 is 0 Å². The molecule has 0 saturated carbocycles. The molecule has 2 atom stereocenters. The zero-order chi connectivity index (χ0) is 18.4. The van der Waals surface area contributed by atoms with Crippen molar-refractivity contribution in [2.75, 3.05) is 18.6 Å². The number of carbonyl (C=O) groups is 3. The molecule has 2 heterocycles. The van der Waals surface area contributed by atoms with Crippen molar-refractivity contribution in [3.05, 3.63) is 29.8 Å². The molecule has 0 bridgehead atoms. The zero-order valence-electron chi connectivity index (χ0n) is 14.8. The maximum atomic E-state index is 12.9. The van der Waals surface area contributed by atoms with Crippen molar-refractivity contribution in [3.8, 4) is 0 Å². The van der Waals surface area contributed by atoms with Gasteiger partial charge in [0.25, 0.3) is 0 Å². The molecule has 2 aliphatic rings. The second-order valence-electron chi connectivity index (χ2n) is 7.22. The summed E-state index contributed by atoms with van der Waals surface area (Å²) in [5.41, 5.74) is 0.586. The first-order chi connectivity index (χ1) is 11.7. The number of anilines is 1. The van der Waals surface area contributed by atoms with Crippen LogP contribution in [0.4, 0.5) is 15.3 Å². The van der Waals surface area contributed by atoms with Gasteiger partial charge in [0.1, 0.15) is 5.60 Å². The Labute approximate surface area is 146 Å². The van der Waals surface area contributed by atoms with Gasteiger partial charge < -0.3 is 14.4 Å². The van der Waals surface area contributed by atoms with Gasteiger partial charge in [-0.1, -0.05) is 18.2 Å². The van der Waals surface area contributed by atoms with E-state index in [2.05, 4.69) is 0 Å². The lowest BCUT2D eigenvalue weighted by Crippen LogP contribution is -2.48. The summed E-state index contributed by atoms with van der Waals surface area (Å²) < 4.78 is 10.3. The summed E-state index contributed by atoms with van der Waals surface area (Å²) in [6.07, 6.45) is -0.689. The summed E-state index contributed by atoms with van der Waals surface area (Å²) in [6.45, 7) is 5.81. The number of likely N-dealkylation sites (tertiary alicyclic amines) is 1. The molecule has 3 amide bonds. The minimum absolute atomic E-state index is 0.346. The molecular weight excluding hydrogens is 324 g/mol. The summed E-state index contributed by atoms with van der Waals surface area (Å²) in [4.78, 5) is 40.2. The molecule has 2 unspecified atom stereocenters. The predicted octanol–water partition coefficient (Wildman–Crippen LogP) is 3.10. The number of hydrogen-bond donors (Lipinski definition) is 0. The number of benzene rings is 1. The number of nitrogens with zero attached hydrogens (tertiary/aromatic N) is 2. The molecule has 0 aliphatic carbocycles. The largest absolute Gasteiger partial charge is 0.452 e. The number of amides is 3. The number of methoxy groups -OCH3 is 1. The van der Waals surface area contributed by atoms with Crippen LogP contribution in [0.25, 0.3) is 0 Å². The Balaban J connectivity index is 2.02. The van der Waals surface area contributed by atoms with E-state index in [1.165, 1.54) is 7.11 Å². The normalized spacial score (nSPS) is 22.3. The highest BCUT2D eigenvalue weighted by molar-refractivity contribution is 6.15. The van der Waals surface area contributed by atoms with Gasteiger partial charge in [-0.2, -0.15) is 0 Å². The average molecular weight is 346 g/mol. The smallest absolute Gasteiger partial charge is 0.420 e. The second kappa shape index (κ2) is 6.06. The molecule has 1 fully saturated rings. The van der Waals surface area contributed by atoms with Crippen LogP contribution in [0.15, 0.2) is 24.3 Å². The number of carbonyl (C=O) groups excluding carboxylic acids is 3. The van der Waals surface area contributed by atoms with E-state index >= 15 is 0 Å². The van der Waals surface area contributed by atoms with Crippen molar-refractivity contribution in [1.29, 1.82) is 0 Å². The Kier molecular flexibility index (Phi) is 4.18. The third-order valence-corrected chi connectivity index (χ3v) is 4.42. The maximum absolute atomic E-state index is 12.9. The van der Waals surface area contributed by atoms with E-state index in [0.717, 1.165) is 10.5 Å². The lowest BCUT2D eigenvalue weighted by atomic mass is 9.87. The summed E-state index contributed by atoms with van der Waals surface area (Å²) in [6, 6.07) is 6.66. The number of fused-ring (bicyclic) bond motifs is 3. The Bertz CT molecular complexity index is 724. The quantitative estimate of drug-likeness (QED) is 0.721. The van der Waals surface area contributed by atoms with Gasteiger partial charge in [-0.15, -0.1) is 0 Å². The highest BCUT2D eigenvalue weighted by atomic mass is 16.6. The predicted molar refractivity (Wildman–Crippen MR) is 90.1 cm³/mol. The second-order valence-corrected chi connectivity index (χ2v) is 7.22. The SMILES string of the molecule is COC(=O)N1C(=O)C2CCN(C(=O)OC(C)(C)C)C2c2ccccc21. The molecule has 25 heavy (non-hydrogen) atoms. The molecule has 0 aromatic heterocycles. The van der Waals surface area contributed by atoms with Gasteiger partial charge in [0, 0.05) is 6.54 Å². The van der Waals surface area contributed by atoms with E-state index in [1.54, 1.807) is 37.8 Å². The Morgan fingerprint density at radius 3 is 2.48 bits per heavy atom. The van der Waals surface area contributed by atoms with Gasteiger partial charge in [0.2, 0.25) is 5.91 Å². The number of imide groups is 1. The molecule has 1 aromatic carbocycles. The van der Waals surface area contributed by atoms with Crippen molar-refractivity contribution in [2.24, 2.45) is 5.92 Å². The third-order valence-electron chi connectivity index (χ3n) is 4.42. The molecule has 7 nitrogen and oxygen atoms in total. The van der Waals surface area contributed by atoms with Gasteiger partial charge in [-0.3, -0.25) is 4.79 Å². The van der Waals surface area contributed by atoms with Gasteiger partial charge in [-0.25, -0.2) is 14.5 Å². The van der Waals surface area contributed by atoms with Crippen LogP contribution in [-0.4, -0.2) is 42.2 Å². The molecule has 2 aliphatic heterocycles. The lowest BCUT2D eigenvalue weighted by Gasteiger charge is -2.37. The first-order valence-electron chi connectivity index (χ1n) is 8.25.